The number of carbonyl (C=O) groups excluding carboxylic acids is 1. The predicted molar refractivity (Wildman–Crippen MR) is 105 cm³/mol. The van der Waals surface area contributed by atoms with Gasteiger partial charge in [-0.3, -0.25) is 4.79 Å². The molecule has 0 spiro atoms. The van der Waals surface area contributed by atoms with E-state index in [0.717, 1.165) is 16.7 Å². The Morgan fingerprint density at radius 3 is 2.54 bits per heavy atom. The van der Waals surface area contributed by atoms with Crippen LogP contribution < -0.4 is 11.5 Å². The van der Waals surface area contributed by atoms with Crippen molar-refractivity contribution >= 4 is 40.5 Å². The van der Waals surface area contributed by atoms with E-state index >= 15 is 0 Å². The maximum absolute atomic E-state index is 12.8. The van der Waals surface area contributed by atoms with Gasteiger partial charge in [0.25, 0.3) is 5.91 Å². The summed E-state index contributed by atoms with van der Waals surface area (Å²) in [5, 5.41) is 9.84. The van der Waals surface area contributed by atoms with Crippen LogP contribution in [0, 0.1) is 11.3 Å². The summed E-state index contributed by atoms with van der Waals surface area (Å²) in [6, 6.07) is 9.05. The minimum atomic E-state index is -0.193. The molecule has 0 fully saturated rings. The normalized spacial score (nSPS) is 13.7. The number of nitriles is 1. The van der Waals surface area contributed by atoms with Gasteiger partial charge in [-0.25, -0.2) is 0 Å². The number of benzene rings is 2. The maximum atomic E-state index is 12.8. The van der Waals surface area contributed by atoms with Crippen LogP contribution in [-0.4, -0.2) is 17.4 Å². The van der Waals surface area contributed by atoms with Crippen molar-refractivity contribution < 1.29 is 4.79 Å². The molecule has 3 rings (SSSR count). The molecule has 0 aromatic heterocycles. The van der Waals surface area contributed by atoms with Gasteiger partial charge in [0, 0.05) is 17.8 Å². The summed E-state index contributed by atoms with van der Waals surface area (Å²) in [4.78, 5) is 14.4. The largest absolute Gasteiger partial charge is 0.398 e. The second kappa shape index (κ2) is 6.91. The molecule has 0 unspecified atom stereocenters. The number of halogens is 2. The summed E-state index contributed by atoms with van der Waals surface area (Å²) in [5.74, 6) is -0.193. The highest BCUT2D eigenvalue weighted by Crippen LogP contribution is 2.39. The molecule has 1 aliphatic rings. The molecule has 0 saturated heterocycles. The van der Waals surface area contributed by atoms with E-state index in [1.54, 1.807) is 36.1 Å². The average molecular weight is 387 g/mol. The fraction of sp³-hybridized carbons (Fsp3) is 0.158. The van der Waals surface area contributed by atoms with Gasteiger partial charge in [-0.05, 0) is 41.8 Å². The number of rotatable bonds is 3. The van der Waals surface area contributed by atoms with Crippen LogP contribution >= 0.6 is 23.2 Å². The van der Waals surface area contributed by atoms with Crippen molar-refractivity contribution in [2.45, 2.75) is 13.5 Å². The summed E-state index contributed by atoms with van der Waals surface area (Å²) in [7, 11) is 0. The van der Waals surface area contributed by atoms with Crippen LogP contribution in [0.25, 0.3) is 11.1 Å². The minimum absolute atomic E-state index is 0.193. The Morgan fingerprint density at radius 1 is 1.31 bits per heavy atom. The molecule has 132 valence electrons. The number of fused-ring (bicyclic) bond motifs is 1. The van der Waals surface area contributed by atoms with Gasteiger partial charge in [0.1, 0.15) is 0 Å². The van der Waals surface area contributed by atoms with Crippen LogP contribution in [0.15, 0.2) is 35.9 Å². The maximum Gasteiger partial charge on any atom is 0.256 e. The molecule has 0 aliphatic carbocycles. The lowest BCUT2D eigenvalue weighted by Gasteiger charge is -2.15. The second-order valence-corrected chi connectivity index (χ2v) is 6.81. The van der Waals surface area contributed by atoms with Gasteiger partial charge in [-0.15, -0.1) is 0 Å². The van der Waals surface area contributed by atoms with Crippen molar-refractivity contribution in [2.24, 2.45) is 0 Å². The van der Waals surface area contributed by atoms with Crippen LogP contribution in [0.2, 0.25) is 10.0 Å². The van der Waals surface area contributed by atoms with E-state index in [9.17, 15) is 4.79 Å². The number of amides is 1. The van der Waals surface area contributed by atoms with E-state index in [-0.39, 0.29) is 12.5 Å². The third-order valence-electron chi connectivity index (χ3n) is 4.44. The van der Waals surface area contributed by atoms with Gasteiger partial charge in [-0.2, -0.15) is 5.26 Å². The first-order valence-electron chi connectivity index (χ1n) is 7.88. The van der Waals surface area contributed by atoms with Crippen LogP contribution in [0.5, 0.6) is 0 Å². The standard InChI is InChI=1S/C19H16Cl2N4O/c1-2-10(7-22)8-25-9-13-12(3-4-16(23)17(13)19(25)26)11-5-14(20)18(24)15(21)6-11/h2-6H,8-9,23-24H2,1H3/b10-2-. The number of carbonyl (C=O) groups is 1. The number of hydrogen-bond donors (Lipinski definition) is 2. The van der Waals surface area contributed by atoms with Crippen molar-refractivity contribution in [1.82, 2.24) is 4.90 Å². The van der Waals surface area contributed by atoms with Crippen LogP contribution in [0.4, 0.5) is 11.4 Å². The zero-order valence-electron chi connectivity index (χ0n) is 14.0. The third kappa shape index (κ3) is 2.98. The van der Waals surface area contributed by atoms with Crippen molar-refractivity contribution in [3.05, 3.63) is 57.1 Å². The van der Waals surface area contributed by atoms with Crippen LogP contribution in [-0.2, 0) is 6.54 Å². The monoisotopic (exact) mass is 386 g/mol. The number of allylic oxidation sites excluding steroid dienone is 1. The average Bonchev–Trinajstić information content (AvgIpc) is 2.94. The Hall–Kier alpha value is -2.68. The van der Waals surface area contributed by atoms with Crippen molar-refractivity contribution in [1.29, 1.82) is 5.26 Å². The smallest absolute Gasteiger partial charge is 0.256 e. The Kier molecular flexibility index (Phi) is 4.82. The molecule has 5 nitrogen and oxygen atoms in total. The number of nitrogen functional groups attached to an aromatic ring is 2. The summed E-state index contributed by atoms with van der Waals surface area (Å²) >= 11 is 12.3. The number of hydrogen-bond acceptors (Lipinski definition) is 4. The molecule has 7 heteroatoms. The Bertz CT molecular complexity index is 969. The van der Waals surface area contributed by atoms with Crippen molar-refractivity contribution in [3.63, 3.8) is 0 Å². The molecule has 0 bridgehead atoms. The predicted octanol–water partition coefficient (Wildman–Crippen LogP) is 4.25. The van der Waals surface area contributed by atoms with Gasteiger partial charge < -0.3 is 16.4 Å². The molecular weight excluding hydrogens is 371 g/mol. The first kappa shape index (κ1) is 18.1. The molecule has 0 radical (unpaired) electrons. The Balaban J connectivity index is 2.10. The Labute approximate surface area is 161 Å². The molecule has 0 atom stereocenters. The minimum Gasteiger partial charge on any atom is -0.398 e. The van der Waals surface area contributed by atoms with Gasteiger partial charge in [0.2, 0.25) is 0 Å². The van der Waals surface area contributed by atoms with Gasteiger partial charge >= 0.3 is 0 Å². The van der Waals surface area contributed by atoms with E-state index in [1.165, 1.54) is 0 Å². The lowest BCUT2D eigenvalue weighted by atomic mass is 9.95. The number of anilines is 2. The molecule has 2 aromatic rings. The fourth-order valence-corrected chi connectivity index (χ4v) is 3.53. The topological polar surface area (TPSA) is 96.1 Å². The molecule has 26 heavy (non-hydrogen) atoms. The highest BCUT2D eigenvalue weighted by atomic mass is 35.5. The summed E-state index contributed by atoms with van der Waals surface area (Å²) in [6.07, 6.45) is 1.69. The van der Waals surface area contributed by atoms with E-state index < -0.39 is 0 Å². The van der Waals surface area contributed by atoms with E-state index in [2.05, 4.69) is 6.07 Å². The molecular formula is C19H16Cl2N4O. The SMILES string of the molecule is C/C=C(/C#N)CN1Cc2c(-c3cc(Cl)c(N)c(Cl)c3)ccc(N)c2C1=O. The highest BCUT2D eigenvalue weighted by Gasteiger charge is 2.32. The second-order valence-electron chi connectivity index (χ2n) is 6.00. The van der Waals surface area contributed by atoms with E-state index in [0.29, 0.717) is 39.1 Å². The van der Waals surface area contributed by atoms with Gasteiger partial charge in [0.05, 0.1) is 33.9 Å². The van der Waals surface area contributed by atoms with Crippen LogP contribution in [0.3, 0.4) is 0 Å². The van der Waals surface area contributed by atoms with Crippen LogP contribution in [0.1, 0.15) is 22.8 Å². The lowest BCUT2D eigenvalue weighted by molar-refractivity contribution is 0.0794. The third-order valence-corrected chi connectivity index (χ3v) is 5.06. The molecule has 0 saturated carbocycles. The molecule has 1 heterocycles. The first-order chi connectivity index (χ1) is 12.4. The first-order valence-corrected chi connectivity index (χ1v) is 8.63. The van der Waals surface area contributed by atoms with Gasteiger partial charge in [-0.1, -0.05) is 35.3 Å². The van der Waals surface area contributed by atoms with Gasteiger partial charge in [0.15, 0.2) is 0 Å². The Morgan fingerprint density at radius 2 is 1.96 bits per heavy atom. The van der Waals surface area contributed by atoms with Crippen molar-refractivity contribution in [2.75, 3.05) is 18.0 Å². The zero-order chi connectivity index (χ0) is 19.0. The fourth-order valence-electron chi connectivity index (χ4n) is 3.04. The summed E-state index contributed by atoms with van der Waals surface area (Å²) in [6.45, 7) is 2.36. The number of nitrogens with zero attached hydrogens (tertiary/aromatic N) is 2. The number of nitrogens with two attached hydrogens (primary N) is 2. The van der Waals surface area contributed by atoms with E-state index in [4.69, 9.17) is 39.9 Å². The highest BCUT2D eigenvalue weighted by molar-refractivity contribution is 6.39. The zero-order valence-corrected chi connectivity index (χ0v) is 15.5. The summed E-state index contributed by atoms with van der Waals surface area (Å²) in [5.41, 5.74) is 15.9. The lowest BCUT2D eigenvalue weighted by Crippen LogP contribution is -2.26. The van der Waals surface area contributed by atoms with Crippen molar-refractivity contribution in [3.8, 4) is 17.2 Å². The van der Waals surface area contributed by atoms with E-state index in [1.807, 2.05) is 6.07 Å². The molecule has 1 amide bonds. The quantitative estimate of drug-likeness (QED) is 0.608. The molecule has 1 aliphatic heterocycles. The molecule has 2 aromatic carbocycles. The molecule has 4 N–H and O–H groups in total. The summed E-state index contributed by atoms with van der Waals surface area (Å²) < 4.78 is 0.